The molecule has 0 radical (unpaired) electrons. The highest BCUT2D eigenvalue weighted by molar-refractivity contribution is 5.99. The third kappa shape index (κ3) is 4.81. The van der Waals surface area contributed by atoms with Crippen LogP contribution in [0.5, 0.6) is 0 Å². The summed E-state index contributed by atoms with van der Waals surface area (Å²) in [6.07, 6.45) is 7.07. The summed E-state index contributed by atoms with van der Waals surface area (Å²) in [5.74, 6) is 0.246. The van der Waals surface area contributed by atoms with Crippen LogP contribution in [0.4, 0.5) is 0 Å². The summed E-state index contributed by atoms with van der Waals surface area (Å²) in [7, 11) is 0. The van der Waals surface area contributed by atoms with Crippen LogP contribution in [0, 0.1) is 0 Å². The number of Topliss-reactive ketones (excluding diaryl/α,β-unsaturated/α-hetero) is 1. The number of allylic oxidation sites excluding steroid dienone is 2. The van der Waals surface area contributed by atoms with Gasteiger partial charge >= 0.3 is 0 Å². The second-order valence-electron chi connectivity index (χ2n) is 4.10. The number of hydrogen-bond donors (Lipinski definition) is 0. The minimum atomic E-state index is 0.246. The van der Waals surface area contributed by atoms with Crippen molar-refractivity contribution in [3.05, 3.63) is 54.1 Å². The molecule has 17 heavy (non-hydrogen) atoms. The van der Waals surface area contributed by atoms with Crippen LogP contribution in [0.15, 0.2) is 48.6 Å². The Balaban J connectivity index is 2.81. The van der Waals surface area contributed by atoms with E-state index in [1.807, 2.05) is 36.4 Å². The molecule has 0 unspecified atom stereocenters. The Kier molecular flexibility index (Phi) is 6.02. The maximum atomic E-state index is 12.0. The molecule has 0 aliphatic heterocycles. The van der Waals surface area contributed by atoms with E-state index >= 15 is 0 Å². The Morgan fingerprint density at radius 1 is 1.29 bits per heavy atom. The summed E-state index contributed by atoms with van der Waals surface area (Å²) in [6, 6.07) is 9.96. The molecule has 1 aromatic carbocycles. The highest BCUT2D eigenvalue weighted by Crippen LogP contribution is 2.14. The summed E-state index contributed by atoms with van der Waals surface area (Å²) in [6.45, 7) is 5.81. The van der Waals surface area contributed by atoms with Crippen molar-refractivity contribution in [2.24, 2.45) is 0 Å². The zero-order chi connectivity index (χ0) is 12.5. The molecule has 0 amide bonds. The largest absolute Gasteiger partial charge is 0.295 e. The van der Waals surface area contributed by atoms with E-state index in [1.165, 1.54) is 0 Å². The van der Waals surface area contributed by atoms with E-state index < -0.39 is 0 Å². The van der Waals surface area contributed by atoms with Crippen molar-refractivity contribution in [1.82, 2.24) is 0 Å². The lowest BCUT2D eigenvalue weighted by molar-refractivity contribution is -0.115. The molecule has 0 aliphatic rings. The van der Waals surface area contributed by atoms with Crippen molar-refractivity contribution in [2.45, 2.75) is 32.6 Å². The van der Waals surface area contributed by atoms with Gasteiger partial charge in [-0.1, -0.05) is 49.8 Å². The normalized spacial score (nSPS) is 11.2. The molecule has 1 heteroatoms. The van der Waals surface area contributed by atoms with E-state index in [4.69, 9.17) is 0 Å². The van der Waals surface area contributed by atoms with E-state index in [-0.39, 0.29) is 5.78 Å². The average molecular weight is 228 g/mol. The number of rotatable bonds is 7. The lowest BCUT2D eigenvalue weighted by atomic mass is 10.0. The Hall–Kier alpha value is -1.63. The monoisotopic (exact) mass is 228 g/mol. The van der Waals surface area contributed by atoms with Crippen molar-refractivity contribution in [3.63, 3.8) is 0 Å². The molecular formula is C16H20O. The third-order valence-electron chi connectivity index (χ3n) is 2.62. The van der Waals surface area contributed by atoms with Crippen LogP contribution in [-0.2, 0) is 4.79 Å². The molecule has 0 saturated carbocycles. The fourth-order valence-electron chi connectivity index (χ4n) is 1.66. The molecule has 90 valence electrons. The molecule has 0 atom stereocenters. The zero-order valence-electron chi connectivity index (χ0n) is 10.5. The number of carbonyl (C=O) groups excluding carboxylic acids is 1. The zero-order valence-corrected chi connectivity index (χ0v) is 10.5. The Bertz CT molecular complexity index is 387. The fourth-order valence-corrected chi connectivity index (χ4v) is 1.66. The first kappa shape index (κ1) is 13.4. The highest BCUT2D eigenvalue weighted by Gasteiger charge is 2.07. The van der Waals surface area contributed by atoms with Gasteiger partial charge in [0.2, 0.25) is 0 Å². The number of unbranched alkanes of at least 4 members (excludes halogenated alkanes) is 1. The van der Waals surface area contributed by atoms with E-state index in [0.29, 0.717) is 12.8 Å². The SMILES string of the molecule is C=CCC(=Cc1ccccc1)C(=O)CCCC. The van der Waals surface area contributed by atoms with E-state index in [0.717, 1.165) is 24.0 Å². The standard InChI is InChI=1S/C16H20O/c1-3-5-12-16(17)15(9-4-2)13-14-10-7-6-8-11-14/h4,6-8,10-11,13H,2-3,5,9,12H2,1H3. The minimum absolute atomic E-state index is 0.246. The second kappa shape index (κ2) is 7.61. The number of carbonyl (C=O) groups is 1. The van der Waals surface area contributed by atoms with Crippen LogP contribution in [0.2, 0.25) is 0 Å². The van der Waals surface area contributed by atoms with Crippen LogP contribution in [0.1, 0.15) is 38.2 Å². The van der Waals surface area contributed by atoms with Gasteiger partial charge in [0.1, 0.15) is 0 Å². The third-order valence-corrected chi connectivity index (χ3v) is 2.62. The summed E-state index contributed by atoms with van der Waals surface area (Å²) >= 11 is 0. The van der Waals surface area contributed by atoms with Gasteiger partial charge in [-0.15, -0.1) is 6.58 Å². The van der Waals surface area contributed by atoms with Gasteiger partial charge in [-0.3, -0.25) is 4.79 Å². The number of benzene rings is 1. The van der Waals surface area contributed by atoms with Crippen molar-refractivity contribution in [3.8, 4) is 0 Å². The molecule has 0 aliphatic carbocycles. The van der Waals surface area contributed by atoms with Crippen LogP contribution in [0.3, 0.4) is 0 Å². The van der Waals surface area contributed by atoms with E-state index in [9.17, 15) is 4.79 Å². The Labute approximate surface area is 104 Å². The Morgan fingerprint density at radius 3 is 2.59 bits per heavy atom. The maximum absolute atomic E-state index is 12.0. The first-order valence-corrected chi connectivity index (χ1v) is 6.17. The first-order chi connectivity index (χ1) is 8.27. The predicted octanol–water partition coefficient (Wildman–Crippen LogP) is 4.41. The molecule has 1 nitrogen and oxygen atoms in total. The molecule has 0 saturated heterocycles. The average Bonchev–Trinajstić information content (AvgIpc) is 2.36. The van der Waals surface area contributed by atoms with Gasteiger partial charge in [-0.25, -0.2) is 0 Å². The fraction of sp³-hybridized carbons (Fsp3) is 0.312. The topological polar surface area (TPSA) is 17.1 Å². The lowest BCUT2D eigenvalue weighted by Gasteiger charge is -2.04. The summed E-state index contributed by atoms with van der Waals surface area (Å²) in [5, 5.41) is 0. The van der Waals surface area contributed by atoms with Crippen LogP contribution in [-0.4, -0.2) is 5.78 Å². The lowest BCUT2D eigenvalue weighted by Crippen LogP contribution is -2.01. The molecule has 0 bridgehead atoms. The van der Waals surface area contributed by atoms with Crippen molar-refractivity contribution in [2.75, 3.05) is 0 Å². The van der Waals surface area contributed by atoms with Gasteiger partial charge in [0.05, 0.1) is 0 Å². The smallest absolute Gasteiger partial charge is 0.159 e. The van der Waals surface area contributed by atoms with E-state index in [1.54, 1.807) is 6.08 Å². The van der Waals surface area contributed by atoms with Gasteiger partial charge in [-0.2, -0.15) is 0 Å². The maximum Gasteiger partial charge on any atom is 0.159 e. The van der Waals surface area contributed by atoms with Crippen LogP contribution >= 0.6 is 0 Å². The van der Waals surface area contributed by atoms with Gasteiger partial charge in [0, 0.05) is 6.42 Å². The predicted molar refractivity (Wildman–Crippen MR) is 73.8 cm³/mol. The van der Waals surface area contributed by atoms with Crippen LogP contribution < -0.4 is 0 Å². The molecule has 0 spiro atoms. The summed E-state index contributed by atoms with van der Waals surface area (Å²) in [4.78, 5) is 12.0. The molecule has 0 aromatic heterocycles. The molecule has 0 N–H and O–H groups in total. The molecule has 1 rings (SSSR count). The van der Waals surface area contributed by atoms with Gasteiger partial charge in [0.25, 0.3) is 0 Å². The van der Waals surface area contributed by atoms with Crippen molar-refractivity contribution >= 4 is 11.9 Å². The Morgan fingerprint density at radius 2 is 2.00 bits per heavy atom. The summed E-state index contributed by atoms with van der Waals surface area (Å²) < 4.78 is 0. The van der Waals surface area contributed by atoms with Crippen molar-refractivity contribution < 1.29 is 4.79 Å². The van der Waals surface area contributed by atoms with E-state index in [2.05, 4.69) is 13.5 Å². The molecular weight excluding hydrogens is 208 g/mol. The van der Waals surface area contributed by atoms with Crippen LogP contribution in [0.25, 0.3) is 6.08 Å². The quantitative estimate of drug-likeness (QED) is 0.499. The molecule has 0 fully saturated rings. The molecule has 1 aromatic rings. The number of ketones is 1. The van der Waals surface area contributed by atoms with Crippen molar-refractivity contribution in [1.29, 1.82) is 0 Å². The first-order valence-electron chi connectivity index (χ1n) is 6.17. The van der Waals surface area contributed by atoms with Gasteiger partial charge in [-0.05, 0) is 30.1 Å². The number of hydrogen-bond acceptors (Lipinski definition) is 1. The second-order valence-corrected chi connectivity index (χ2v) is 4.10. The van der Waals surface area contributed by atoms with Gasteiger partial charge in [0.15, 0.2) is 5.78 Å². The van der Waals surface area contributed by atoms with Gasteiger partial charge < -0.3 is 0 Å². The minimum Gasteiger partial charge on any atom is -0.295 e. The summed E-state index contributed by atoms with van der Waals surface area (Å²) in [5.41, 5.74) is 1.94. The highest BCUT2D eigenvalue weighted by atomic mass is 16.1. The molecule has 0 heterocycles.